The van der Waals surface area contributed by atoms with E-state index in [4.69, 9.17) is 0 Å². The number of nitrogens with one attached hydrogen (secondary N) is 2. The van der Waals surface area contributed by atoms with Crippen LogP contribution in [0.3, 0.4) is 0 Å². The van der Waals surface area contributed by atoms with Crippen LogP contribution in [-0.2, 0) is 6.54 Å². The van der Waals surface area contributed by atoms with Crippen molar-refractivity contribution in [3.8, 4) is 0 Å². The van der Waals surface area contributed by atoms with Crippen molar-refractivity contribution in [3.63, 3.8) is 0 Å². The minimum absolute atomic E-state index is 0.0400. The van der Waals surface area contributed by atoms with Gasteiger partial charge in [-0.05, 0) is 49.7 Å². The van der Waals surface area contributed by atoms with Gasteiger partial charge in [0, 0.05) is 36.3 Å². The van der Waals surface area contributed by atoms with Crippen molar-refractivity contribution in [1.82, 2.24) is 15.2 Å². The van der Waals surface area contributed by atoms with Crippen LogP contribution in [0.1, 0.15) is 45.5 Å². The molecule has 0 spiro atoms. The number of likely N-dealkylation sites (tertiary alicyclic amines) is 1. The normalized spacial score (nSPS) is 18.5. The van der Waals surface area contributed by atoms with E-state index < -0.39 is 0 Å². The Morgan fingerprint density at radius 1 is 1.46 bits per heavy atom. The van der Waals surface area contributed by atoms with E-state index >= 15 is 0 Å². The van der Waals surface area contributed by atoms with Crippen LogP contribution in [0.4, 0.5) is 0 Å². The minimum atomic E-state index is -0.141. The molecule has 1 aliphatic heterocycles. The molecule has 2 aromatic rings. The third kappa shape index (κ3) is 4.33. The Labute approximate surface area is 146 Å². The van der Waals surface area contributed by atoms with Gasteiger partial charge in [0.1, 0.15) is 5.69 Å². The Bertz CT molecular complexity index is 693. The molecule has 1 aliphatic rings. The predicted molar refractivity (Wildman–Crippen MR) is 95.5 cm³/mol. The Balaban J connectivity index is 1.48. The number of nitrogens with zero attached hydrogens (tertiary/aromatic N) is 1. The molecule has 1 fully saturated rings. The van der Waals surface area contributed by atoms with Crippen LogP contribution in [0.25, 0.3) is 0 Å². The van der Waals surface area contributed by atoms with Gasteiger partial charge in [0.2, 0.25) is 0 Å². The standard InChI is InChI=1S/C18H23N3O2S/c1-13(22)15-8-17(19-10-15)18(23)20-9-14-4-2-6-21(11-14)12-16-5-3-7-24-16/h3,5,7-8,10,14,19H,2,4,6,9,11-12H2,1H3,(H,20,23). The van der Waals surface area contributed by atoms with Gasteiger partial charge in [-0.15, -0.1) is 11.3 Å². The third-order valence-electron chi connectivity index (χ3n) is 4.45. The van der Waals surface area contributed by atoms with E-state index in [1.807, 2.05) is 0 Å². The van der Waals surface area contributed by atoms with Gasteiger partial charge in [0.25, 0.3) is 5.91 Å². The number of ketones is 1. The number of carbonyl (C=O) groups is 2. The number of Topliss-reactive ketones (excluding diaryl/α,β-unsaturated/α-hetero) is 1. The fourth-order valence-electron chi connectivity index (χ4n) is 3.15. The highest BCUT2D eigenvalue weighted by Gasteiger charge is 2.21. The SMILES string of the molecule is CC(=O)c1c[nH]c(C(=O)NCC2CCCN(Cc3cccs3)C2)c1. The maximum Gasteiger partial charge on any atom is 0.267 e. The van der Waals surface area contributed by atoms with Crippen LogP contribution >= 0.6 is 11.3 Å². The highest BCUT2D eigenvalue weighted by Crippen LogP contribution is 2.20. The second kappa shape index (κ2) is 7.77. The lowest BCUT2D eigenvalue weighted by molar-refractivity contribution is 0.0926. The van der Waals surface area contributed by atoms with E-state index in [0.29, 0.717) is 23.7 Å². The first kappa shape index (κ1) is 16.9. The topological polar surface area (TPSA) is 65.2 Å². The minimum Gasteiger partial charge on any atom is -0.356 e. The van der Waals surface area contributed by atoms with Crippen molar-refractivity contribution in [3.05, 3.63) is 45.9 Å². The molecule has 128 valence electrons. The molecular formula is C18H23N3O2S. The van der Waals surface area contributed by atoms with Gasteiger partial charge >= 0.3 is 0 Å². The summed E-state index contributed by atoms with van der Waals surface area (Å²) in [6, 6.07) is 5.88. The molecule has 2 aromatic heterocycles. The van der Waals surface area contributed by atoms with Gasteiger partial charge in [-0.25, -0.2) is 0 Å². The van der Waals surface area contributed by atoms with E-state index in [-0.39, 0.29) is 11.7 Å². The van der Waals surface area contributed by atoms with Crippen molar-refractivity contribution < 1.29 is 9.59 Å². The number of H-pyrrole nitrogens is 1. The zero-order chi connectivity index (χ0) is 16.9. The molecule has 1 saturated heterocycles. The number of carbonyl (C=O) groups excluding carboxylic acids is 2. The lowest BCUT2D eigenvalue weighted by Gasteiger charge is -2.32. The number of hydrogen-bond donors (Lipinski definition) is 2. The molecule has 0 aromatic carbocycles. The van der Waals surface area contributed by atoms with Gasteiger partial charge in [-0.1, -0.05) is 6.07 Å². The van der Waals surface area contributed by atoms with Gasteiger partial charge in [-0.2, -0.15) is 0 Å². The van der Waals surface area contributed by atoms with Crippen molar-refractivity contribution in [2.75, 3.05) is 19.6 Å². The summed E-state index contributed by atoms with van der Waals surface area (Å²) in [6.45, 7) is 5.31. The summed E-state index contributed by atoms with van der Waals surface area (Å²) in [5, 5.41) is 5.11. The number of amides is 1. The maximum atomic E-state index is 12.2. The summed E-state index contributed by atoms with van der Waals surface area (Å²) >= 11 is 1.79. The number of aromatic amines is 1. The molecule has 2 N–H and O–H groups in total. The lowest BCUT2D eigenvalue weighted by Crippen LogP contribution is -2.40. The average molecular weight is 345 g/mol. The molecule has 0 saturated carbocycles. The highest BCUT2D eigenvalue weighted by molar-refractivity contribution is 7.09. The average Bonchev–Trinajstić information content (AvgIpc) is 3.24. The van der Waals surface area contributed by atoms with Crippen molar-refractivity contribution >= 4 is 23.0 Å². The smallest absolute Gasteiger partial charge is 0.267 e. The second-order valence-corrected chi connectivity index (χ2v) is 7.42. The van der Waals surface area contributed by atoms with Crippen molar-refractivity contribution in [2.24, 2.45) is 5.92 Å². The molecule has 0 aliphatic carbocycles. The molecule has 0 bridgehead atoms. The zero-order valence-electron chi connectivity index (χ0n) is 13.9. The maximum absolute atomic E-state index is 12.2. The first-order valence-electron chi connectivity index (χ1n) is 8.34. The summed E-state index contributed by atoms with van der Waals surface area (Å²) < 4.78 is 0. The molecule has 6 heteroatoms. The molecule has 5 nitrogen and oxygen atoms in total. The van der Waals surface area contributed by atoms with E-state index in [9.17, 15) is 9.59 Å². The largest absolute Gasteiger partial charge is 0.356 e. The van der Waals surface area contributed by atoms with Gasteiger partial charge in [-0.3, -0.25) is 14.5 Å². The molecule has 0 radical (unpaired) electrons. The first-order chi connectivity index (χ1) is 11.6. The quantitative estimate of drug-likeness (QED) is 0.791. The number of aromatic nitrogens is 1. The monoisotopic (exact) mass is 345 g/mol. The van der Waals surface area contributed by atoms with Gasteiger partial charge < -0.3 is 10.3 Å². The van der Waals surface area contributed by atoms with E-state index in [2.05, 4.69) is 32.7 Å². The van der Waals surface area contributed by atoms with Crippen LogP contribution in [0.5, 0.6) is 0 Å². The van der Waals surface area contributed by atoms with E-state index in [0.717, 1.165) is 26.1 Å². The number of hydrogen-bond acceptors (Lipinski definition) is 4. The van der Waals surface area contributed by atoms with Crippen LogP contribution < -0.4 is 5.32 Å². The highest BCUT2D eigenvalue weighted by atomic mass is 32.1. The van der Waals surface area contributed by atoms with E-state index in [1.165, 1.54) is 18.2 Å². The molecule has 24 heavy (non-hydrogen) atoms. The first-order valence-corrected chi connectivity index (χ1v) is 9.22. The number of rotatable bonds is 6. The van der Waals surface area contributed by atoms with Crippen molar-refractivity contribution in [1.29, 1.82) is 0 Å². The molecule has 1 unspecified atom stereocenters. The van der Waals surface area contributed by atoms with Crippen molar-refractivity contribution in [2.45, 2.75) is 26.3 Å². The molecule has 1 amide bonds. The van der Waals surface area contributed by atoms with Crippen LogP contribution in [-0.4, -0.2) is 41.2 Å². The molecular weight excluding hydrogens is 322 g/mol. The lowest BCUT2D eigenvalue weighted by atomic mass is 9.98. The zero-order valence-corrected chi connectivity index (χ0v) is 14.7. The third-order valence-corrected chi connectivity index (χ3v) is 5.31. The fraction of sp³-hybridized carbons (Fsp3) is 0.444. The van der Waals surface area contributed by atoms with Crippen LogP contribution in [0, 0.1) is 5.92 Å². The summed E-state index contributed by atoms with van der Waals surface area (Å²) in [6.07, 6.45) is 3.90. The summed E-state index contributed by atoms with van der Waals surface area (Å²) in [5.41, 5.74) is 0.992. The van der Waals surface area contributed by atoms with E-state index in [1.54, 1.807) is 23.6 Å². The summed E-state index contributed by atoms with van der Waals surface area (Å²) in [5.74, 6) is 0.296. The Morgan fingerprint density at radius 3 is 3.04 bits per heavy atom. The van der Waals surface area contributed by atoms with Gasteiger partial charge in [0.05, 0.1) is 0 Å². The second-order valence-electron chi connectivity index (χ2n) is 6.39. The Morgan fingerprint density at radius 2 is 2.33 bits per heavy atom. The Kier molecular flexibility index (Phi) is 5.48. The number of thiophene rings is 1. The van der Waals surface area contributed by atoms with Crippen LogP contribution in [0.2, 0.25) is 0 Å². The molecule has 3 rings (SSSR count). The fourth-order valence-corrected chi connectivity index (χ4v) is 3.89. The Hall–Kier alpha value is -1.92. The predicted octanol–water partition coefficient (Wildman–Crippen LogP) is 2.92. The van der Waals surface area contributed by atoms with Crippen LogP contribution in [0.15, 0.2) is 29.8 Å². The summed E-state index contributed by atoms with van der Waals surface area (Å²) in [4.78, 5) is 30.2. The summed E-state index contributed by atoms with van der Waals surface area (Å²) in [7, 11) is 0. The molecule has 3 heterocycles. The molecule has 1 atom stereocenters. The van der Waals surface area contributed by atoms with Gasteiger partial charge in [0.15, 0.2) is 5.78 Å². The number of piperidine rings is 1.